The highest BCUT2D eigenvalue weighted by molar-refractivity contribution is 5.81. The fraction of sp³-hybridized carbons (Fsp3) is 0.500. The van der Waals surface area contributed by atoms with Crippen LogP contribution in [0.5, 0.6) is 0 Å². The molecule has 1 unspecified atom stereocenters. The van der Waals surface area contributed by atoms with Crippen molar-refractivity contribution in [2.24, 2.45) is 0 Å². The SMILES string of the molecule is Cc1ccc(CC(=O)CC2CNCCO2)cc1. The van der Waals surface area contributed by atoms with Crippen LogP contribution in [0, 0.1) is 6.92 Å². The molecule has 3 heteroatoms. The fourth-order valence-corrected chi connectivity index (χ4v) is 2.01. The Kier molecular flexibility index (Phi) is 4.29. The lowest BCUT2D eigenvalue weighted by Gasteiger charge is -2.22. The van der Waals surface area contributed by atoms with E-state index in [1.165, 1.54) is 5.56 Å². The summed E-state index contributed by atoms with van der Waals surface area (Å²) in [5.41, 5.74) is 2.31. The second kappa shape index (κ2) is 5.94. The van der Waals surface area contributed by atoms with Crippen molar-refractivity contribution in [2.75, 3.05) is 19.7 Å². The van der Waals surface area contributed by atoms with E-state index >= 15 is 0 Å². The zero-order chi connectivity index (χ0) is 12.1. The number of hydrogen-bond acceptors (Lipinski definition) is 3. The molecule has 0 aliphatic carbocycles. The van der Waals surface area contributed by atoms with Gasteiger partial charge >= 0.3 is 0 Å². The molecule has 1 aromatic rings. The van der Waals surface area contributed by atoms with E-state index in [1.807, 2.05) is 31.2 Å². The Bertz CT molecular complexity index is 366. The quantitative estimate of drug-likeness (QED) is 0.856. The number of nitrogens with one attached hydrogen (secondary N) is 1. The Labute approximate surface area is 102 Å². The van der Waals surface area contributed by atoms with E-state index < -0.39 is 0 Å². The van der Waals surface area contributed by atoms with Crippen molar-refractivity contribution in [3.63, 3.8) is 0 Å². The molecule has 3 nitrogen and oxygen atoms in total. The molecule has 0 saturated carbocycles. The van der Waals surface area contributed by atoms with E-state index in [-0.39, 0.29) is 11.9 Å². The molecular weight excluding hydrogens is 214 g/mol. The van der Waals surface area contributed by atoms with Gasteiger partial charge in [0.15, 0.2) is 0 Å². The van der Waals surface area contributed by atoms with Crippen LogP contribution in [0.15, 0.2) is 24.3 Å². The van der Waals surface area contributed by atoms with Gasteiger partial charge in [-0.3, -0.25) is 4.79 Å². The van der Waals surface area contributed by atoms with Gasteiger partial charge < -0.3 is 10.1 Å². The third-order valence-corrected chi connectivity index (χ3v) is 2.98. The zero-order valence-electron chi connectivity index (χ0n) is 10.2. The summed E-state index contributed by atoms with van der Waals surface area (Å²) >= 11 is 0. The van der Waals surface area contributed by atoms with Crippen LogP contribution in [0.2, 0.25) is 0 Å². The van der Waals surface area contributed by atoms with Gasteiger partial charge in [-0.1, -0.05) is 29.8 Å². The molecule has 0 bridgehead atoms. The van der Waals surface area contributed by atoms with Crippen LogP contribution in [-0.2, 0) is 16.0 Å². The van der Waals surface area contributed by atoms with E-state index in [4.69, 9.17) is 4.74 Å². The van der Waals surface area contributed by atoms with Crippen LogP contribution < -0.4 is 5.32 Å². The monoisotopic (exact) mass is 233 g/mol. The minimum atomic E-state index is 0.0571. The number of carbonyl (C=O) groups is 1. The number of hydrogen-bond donors (Lipinski definition) is 1. The average molecular weight is 233 g/mol. The fourth-order valence-electron chi connectivity index (χ4n) is 2.01. The molecular formula is C14H19NO2. The van der Waals surface area contributed by atoms with Gasteiger partial charge in [0.25, 0.3) is 0 Å². The molecule has 1 atom stereocenters. The number of Topliss-reactive ketones (excluding diaryl/α,β-unsaturated/α-hetero) is 1. The van der Waals surface area contributed by atoms with Crippen molar-refractivity contribution < 1.29 is 9.53 Å². The van der Waals surface area contributed by atoms with Crippen LogP contribution >= 0.6 is 0 Å². The van der Waals surface area contributed by atoms with E-state index in [0.717, 1.165) is 18.7 Å². The lowest BCUT2D eigenvalue weighted by molar-refractivity contribution is -0.121. The molecule has 17 heavy (non-hydrogen) atoms. The Morgan fingerprint density at radius 2 is 2.18 bits per heavy atom. The van der Waals surface area contributed by atoms with Crippen molar-refractivity contribution in [1.82, 2.24) is 5.32 Å². The maximum Gasteiger partial charge on any atom is 0.139 e. The summed E-state index contributed by atoms with van der Waals surface area (Å²) in [5.74, 6) is 0.252. The van der Waals surface area contributed by atoms with Crippen molar-refractivity contribution in [3.05, 3.63) is 35.4 Å². The average Bonchev–Trinajstić information content (AvgIpc) is 2.33. The van der Waals surface area contributed by atoms with Crippen molar-refractivity contribution in [1.29, 1.82) is 0 Å². The minimum Gasteiger partial charge on any atom is -0.375 e. The van der Waals surface area contributed by atoms with Gasteiger partial charge in [0, 0.05) is 25.9 Å². The first-order chi connectivity index (χ1) is 8.24. The number of ketones is 1. The Morgan fingerprint density at radius 3 is 2.82 bits per heavy atom. The Balaban J connectivity index is 1.82. The number of rotatable bonds is 4. The van der Waals surface area contributed by atoms with Crippen molar-refractivity contribution in [3.8, 4) is 0 Å². The second-order valence-corrected chi connectivity index (χ2v) is 4.60. The maximum absolute atomic E-state index is 11.9. The van der Waals surface area contributed by atoms with E-state index in [1.54, 1.807) is 0 Å². The van der Waals surface area contributed by atoms with Crippen molar-refractivity contribution in [2.45, 2.75) is 25.9 Å². The first-order valence-corrected chi connectivity index (χ1v) is 6.13. The van der Waals surface area contributed by atoms with Gasteiger partial charge in [-0.2, -0.15) is 0 Å². The molecule has 1 heterocycles. The van der Waals surface area contributed by atoms with Gasteiger partial charge in [0.05, 0.1) is 12.7 Å². The van der Waals surface area contributed by atoms with Crippen LogP contribution in [0.4, 0.5) is 0 Å². The molecule has 1 saturated heterocycles. The third kappa shape index (κ3) is 3.95. The van der Waals surface area contributed by atoms with Gasteiger partial charge in [-0.05, 0) is 12.5 Å². The molecule has 0 aromatic heterocycles. The molecule has 1 aromatic carbocycles. The summed E-state index contributed by atoms with van der Waals surface area (Å²) in [7, 11) is 0. The number of carbonyl (C=O) groups excluding carboxylic acids is 1. The third-order valence-electron chi connectivity index (χ3n) is 2.98. The van der Waals surface area contributed by atoms with Gasteiger partial charge in [0.1, 0.15) is 5.78 Å². The molecule has 0 amide bonds. The molecule has 1 N–H and O–H groups in total. The molecule has 0 spiro atoms. The lowest BCUT2D eigenvalue weighted by Crippen LogP contribution is -2.39. The summed E-state index contributed by atoms with van der Waals surface area (Å²) in [6.45, 7) is 4.44. The number of aryl methyl sites for hydroxylation is 1. The smallest absolute Gasteiger partial charge is 0.139 e. The number of morpholine rings is 1. The highest BCUT2D eigenvalue weighted by atomic mass is 16.5. The summed E-state index contributed by atoms with van der Waals surface area (Å²) in [4.78, 5) is 11.9. The first kappa shape index (κ1) is 12.3. The van der Waals surface area contributed by atoms with Gasteiger partial charge in [0.2, 0.25) is 0 Å². The van der Waals surface area contributed by atoms with Crippen LogP contribution in [0.1, 0.15) is 17.5 Å². The Hall–Kier alpha value is -1.19. The molecule has 1 aliphatic heterocycles. The van der Waals surface area contributed by atoms with Gasteiger partial charge in [-0.25, -0.2) is 0 Å². The predicted octanol–water partition coefficient (Wildman–Crippen LogP) is 1.49. The van der Waals surface area contributed by atoms with E-state index in [9.17, 15) is 4.79 Å². The highest BCUT2D eigenvalue weighted by Gasteiger charge is 2.17. The number of ether oxygens (including phenoxy) is 1. The van der Waals surface area contributed by atoms with E-state index in [0.29, 0.717) is 19.4 Å². The summed E-state index contributed by atoms with van der Waals surface area (Å²) in [6.07, 6.45) is 1.09. The molecule has 92 valence electrons. The number of benzene rings is 1. The van der Waals surface area contributed by atoms with Crippen LogP contribution in [-0.4, -0.2) is 31.6 Å². The molecule has 0 radical (unpaired) electrons. The zero-order valence-corrected chi connectivity index (χ0v) is 10.2. The highest BCUT2D eigenvalue weighted by Crippen LogP contribution is 2.08. The largest absolute Gasteiger partial charge is 0.375 e. The first-order valence-electron chi connectivity index (χ1n) is 6.13. The lowest BCUT2D eigenvalue weighted by atomic mass is 10.0. The summed E-state index contributed by atoms with van der Waals surface area (Å²) < 4.78 is 5.52. The van der Waals surface area contributed by atoms with Gasteiger partial charge in [-0.15, -0.1) is 0 Å². The predicted molar refractivity (Wildman–Crippen MR) is 67.1 cm³/mol. The Morgan fingerprint density at radius 1 is 1.41 bits per heavy atom. The van der Waals surface area contributed by atoms with E-state index in [2.05, 4.69) is 5.32 Å². The molecule has 1 aliphatic rings. The minimum absolute atomic E-state index is 0.0571. The normalized spacial score (nSPS) is 20.2. The summed E-state index contributed by atoms with van der Waals surface area (Å²) in [5, 5.41) is 3.23. The second-order valence-electron chi connectivity index (χ2n) is 4.60. The van der Waals surface area contributed by atoms with Crippen LogP contribution in [0.3, 0.4) is 0 Å². The van der Waals surface area contributed by atoms with Crippen molar-refractivity contribution >= 4 is 5.78 Å². The molecule has 1 fully saturated rings. The topological polar surface area (TPSA) is 38.3 Å². The maximum atomic E-state index is 11.9. The van der Waals surface area contributed by atoms with Crippen LogP contribution in [0.25, 0.3) is 0 Å². The summed E-state index contributed by atoms with van der Waals surface area (Å²) in [6, 6.07) is 8.13. The standard InChI is InChI=1S/C14H19NO2/c1-11-2-4-12(5-3-11)8-13(16)9-14-10-15-6-7-17-14/h2-5,14-15H,6-10H2,1H3. The molecule has 2 rings (SSSR count).